The molecular formula is C10H16N2O. The molecule has 0 aliphatic heterocycles. The normalized spacial score (nSPS) is 10.4. The number of aromatic amines is 1. The fraction of sp³-hybridized carbons (Fsp3) is 0.500. The van der Waals surface area contributed by atoms with Gasteiger partial charge in [-0.05, 0) is 24.5 Å². The average molecular weight is 180 g/mol. The van der Waals surface area contributed by atoms with Gasteiger partial charge in [0.1, 0.15) is 0 Å². The van der Waals surface area contributed by atoms with Crippen LogP contribution in [0.3, 0.4) is 0 Å². The van der Waals surface area contributed by atoms with Crippen molar-refractivity contribution in [2.24, 2.45) is 5.73 Å². The van der Waals surface area contributed by atoms with Crippen molar-refractivity contribution in [1.29, 1.82) is 0 Å². The molecule has 0 fully saturated rings. The number of nitrogens with two attached hydrogens (primary N) is 1. The predicted molar refractivity (Wildman–Crippen MR) is 53.7 cm³/mol. The number of H-pyrrole nitrogens is 1. The molecule has 0 saturated carbocycles. The van der Waals surface area contributed by atoms with Gasteiger partial charge in [0.25, 0.3) is 5.56 Å². The Morgan fingerprint density at radius 1 is 1.38 bits per heavy atom. The zero-order valence-corrected chi connectivity index (χ0v) is 8.18. The van der Waals surface area contributed by atoms with Gasteiger partial charge in [-0.2, -0.15) is 0 Å². The third kappa shape index (κ3) is 1.98. The van der Waals surface area contributed by atoms with Crippen LogP contribution in [0.15, 0.2) is 10.9 Å². The molecule has 0 aliphatic carbocycles. The van der Waals surface area contributed by atoms with Crippen molar-refractivity contribution in [2.45, 2.75) is 33.2 Å². The highest BCUT2D eigenvalue weighted by atomic mass is 16.1. The van der Waals surface area contributed by atoms with Crippen molar-refractivity contribution in [3.63, 3.8) is 0 Å². The molecule has 1 heterocycles. The largest absolute Gasteiger partial charge is 0.326 e. The highest BCUT2D eigenvalue weighted by molar-refractivity contribution is 5.26. The molecule has 0 atom stereocenters. The number of hydrogen-bond donors (Lipinski definition) is 2. The minimum absolute atomic E-state index is 0.0290. The summed E-state index contributed by atoms with van der Waals surface area (Å²) in [5, 5.41) is 0. The standard InChI is InChI=1S/C10H16N2O/c1-3-7-5-8(4-2)12-10(13)9(7)6-11/h5H,3-4,6,11H2,1-2H3,(H,12,13). The zero-order chi connectivity index (χ0) is 9.84. The van der Waals surface area contributed by atoms with Crippen LogP contribution in [0, 0.1) is 0 Å². The fourth-order valence-corrected chi connectivity index (χ4v) is 1.43. The van der Waals surface area contributed by atoms with E-state index >= 15 is 0 Å². The lowest BCUT2D eigenvalue weighted by Crippen LogP contribution is -2.20. The lowest BCUT2D eigenvalue weighted by atomic mass is 10.1. The van der Waals surface area contributed by atoms with Gasteiger partial charge in [0, 0.05) is 17.8 Å². The quantitative estimate of drug-likeness (QED) is 0.727. The van der Waals surface area contributed by atoms with Gasteiger partial charge >= 0.3 is 0 Å². The molecule has 1 aromatic rings. The third-order valence-corrected chi connectivity index (χ3v) is 2.25. The van der Waals surface area contributed by atoms with Crippen LogP contribution in [0.25, 0.3) is 0 Å². The Labute approximate surface area is 78.0 Å². The van der Waals surface area contributed by atoms with Gasteiger partial charge in [-0.25, -0.2) is 0 Å². The van der Waals surface area contributed by atoms with Crippen LogP contribution in [0.2, 0.25) is 0 Å². The molecule has 0 aromatic carbocycles. The van der Waals surface area contributed by atoms with Crippen LogP contribution in [-0.4, -0.2) is 4.98 Å². The van der Waals surface area contributed by atoms with Crippen LogP contribution < -0.4 is 11.3 Å². The fourth-order valence-electron chi connectivity index (χ4n) is 1.43. The molecule has 0 unspecified atom stereocenters. The van der Waals surface area contributed by atoms with E-state index in [2.05, 4.69) is 4.98 Å². The summed E-state index contributed by atoms with van der Waals surface area (Å²) in [6.07, 6.45) is 1.72. The molecule has 3 nitrogen and oxygen atoms in total. The Bertz CT molecular complexity index is 341. The monoisotopic (exact) mass is 180 g/mol. The number of rotatable bonds is 3. The third-order valence-electron chi connectivity index (χ3n) is 2.25. The van der Waals surface area contributed by atoms with Crippen molar-refractivity contribution in [3.8, 4) is 0 Å². The van der Waals surface area contributed by atoms with E-state index in [-0.39, 0.29) is 5.56 Å². The van der Waals surface area contributed by atoms with Crippen molar-refractivity contribution in [2.75, 3.05) is 0 Å². The topological polar surface area (TPSA) is 58.9 Å². The molecular weight excluding hydrogens is 164 g/mol. The van der Waals surface area contributed by atoms with E-state index in [0.29, 0.717) is 6.54 Å². The van der Waals surface area contributed by atoms with Crippen molar-refractivity contribution in [3.05, 3.63) is 33.2 Å². The number of aromatic nitrogens is 1. The maximum Gasteiger partial charge on any atom is 0.252 e. The average Bonchev–Trinajstić information content (AvgIpc) is 2.16. The summed E-state index contributed by atoms with van der Waals surface area (Å²) in [5.74, 6) is 0. The number of nitrogens with one attached hydrogen (secondary N) is 1. The van der Waals surface area contributed by atoms with Gasteiger partial charge in [0.05, 0.1) is 0 Å². The van der Waals surface area contributed by atoms with Crippen LogP contribution in [0.5, 0.6) is 0 Å². The Morgan fingerprint density at radius 2 is 2.08 bits per heavy atom. The molecule has 0 spiro atoms. The molecule has 3 heteroatoms. The molecule has 0 saturated heterocycles. The Morgan fingerprint density at radius 3 is 2.54 bits per heavy atom. The van der Waals surface area contributed by atoms with Crippen molar-refractivity contribution >= 4 is 0 Å². The minimum atomic E-state index is -0.0290. The first-order valence-corrected chi connectivity index (χ1v) is 4.66. The first-order chi connectivity index (χ1) is 6.22. The van der Waals surface area contributed by atoms with Crippen molar-refractivity contribution in [1.82, 2.24) is 4.98 Å². The van der Waals surface area contributed by atoms with Gasteiger partial charge in [0.2, 0.25) is 0 Å². The smallest absolute Gasteiger partial charge is 0.252 e. The SMILES string of the molecule is CCc1cc(CC)c(CN)c(=O)[nH]1. The second kappa shape index (κ2) is 4.23. The van der Waals surface area contributed by atoms with Crippen molar-refractivity contribution < 1.29 is 0 Å². The lowest BCUT2D eigenvalue weighted by Gasteiger charge is -2.06. The van der Waals surface area contributed by atoms with Crippen LogP contribution in [0.4, 0.5) is 0 Å². The van der Waals surface area contributed by atoms with E-state index in [1.807, 2.05) is 19.9 Å². The number of aryl methyl sites for hydroxylation is 2. The highest BCUT2D eigenvalue weighted by Gasteiger charge is 2.05. The summed E-state index contributed by atoms with van der Waals surface area (Å²) in [5.41, 5.74) is 8.25. The Hall–Kier alpha value is -1.09. The van der Waals surface area contributed by atoms with E-state index in [1.54, 1.807) is 0 Å². The Kier molecular flexibility index (Phi) is 3.25. The van der Waals surface area contributed by atoms with E-state index < -0.39 is 0 Å². The molecule has 1 rings (SSSR count). The zero-order valence-electron chi connectivity index (χ0n) is 8.18. The summed E-state index contributed by atoms with van der Waals surface area (Å²) < 4.78 is 0. The van der Waals surface area contributed by atoms with E-state index in [0.717, 1.165) is 29.7 Å². The molecule has 0 radical (unpaired) electrons. The molecule has 3 N–H and O–H groups in total. The summed E-state index contributed by atoms with van der Waals surface area (Å²) in [4.78, 5) is 14.3. The summed E-state index contributed by atoms with van der Waals surface area (Å²) in [6.45, 7) is 4.38. The van der Waals surface area contributed by atoms with Crippen LogP contribution >= 0.6 is 0 Å². The molecule has 0 amide bonds. The summed E-state index contributed by atoms with van der Waals surface area (Å²) >= 11 is 0. The van der Waals surface area contributed by atoms with E-state index in [1.165, 1.54) is 0 Å². The maximum absolute atomic E-state index is 11.5. The van der Waals surface area contributed by atoms with E-state index in [9.17, 15) is 4.79 Å². The number of hydrogen-bond acceptors (Lipinski definition) is 2. The molecule has 13 heavy (non-hydrogen) atoms. The van der Waals surface area contributed by atoms with Crippen LogP contribution in [-0.2, 0) is 19.4 Å². The molecule has 0 aliphatic rings. The molecule has 72 valence electrons. The Balaban J connectivity index is 3.29. The van der Waals surface area contributed by atoms with Gasteiger partial charge < -0.3 is 10.7 Å². The number of pyridine rings is 1. The lowest BCUT2D eigenvalue weighted by molar-refractivity contribution is 0.914. The summed E-state index contributed by atoms with van der Waals surface area (Å²) in [6, 6.07) is 2.03. The summed E-state index contributed by atoms with van der Waals surface area (Å²) in [7, 11) is 0. The first-order valence-electron chi connectivity index (χ1n) is 4.66. The van der Waals surface area contributed by atoms with Gasteiger partial charge in [-0.1, -0.05) is 13.8 Å². The van der Waals surface area contributed by atoms with Gasteiger partial charge in [-0.15, -0.1) is 0 Å². The van der Waals surface area contributed by atoms with Gasteiger partial charge in [0.15, 0.2) is 0 Å². The van der Waals surface area contributed by atoms with Crippen LogP contribution in [0.1, 0.15) is 30.7 Å². The molecule has 0 bridgehead atoms. The second-order valence-electron chi connectivity index (χ2n) is 3.04. The molecule has 1 aromatic heterocycles. The first kappa shape index (κ1) is 9.99. The predicted octanol–water partition coefficient (Wildman–Crippen LogP) is 0.958. The maximum atomic E-state index is 11.5. The minimum Gasteiger partial charge on any atom is -0.326 e. The van der Waals surface area contributed by atoms with Gasteiger partial charge in [-0.3, -0.25) is 4.79 Å². The second-order valence-corrected chi connectivity index (χ2v) is 3.04. The highest BCUT2D eigenvalue weighted by Crippen LogP contribution is 2.06. The van der Waals surface area contributed by atoms with E-state index in [4.69, 9.17) is 5.73 Å².